The number of aryl methyl sites for hydroxylation is 1. The van der Waals surface area contributed by atoms with Gasteiger partial charge in [0, 0.05) is 30.4 Å². The van der Waals surface area contributed by atoms with Crippen LogP contribution in [0.2, 0.25) is 0 Å². The average molecular weight is 263 g/mol. The van der Waals surface area contributed by atoms with Crippen molar-refractivity contribution in [1.82, 2.24) is 9.78 Å². The van der Waals surface area contributed by atoms with Crippen LogP contribution >= 0.6 is 23.2 Å². The second-order valence-electron chi connectivity index (χ2n) is 5.06. The Balaban J connectivity index is 2.77. The van der Waals surface area contributed by atoms with Gasteiger partial charge in [0.15, 0.2) is 0 Å². The van der Waals surface area contributed by atoms with E-state index in [1.54, 1.807) is 0 Å². The van der Waals surface area contributed by atoms with E-state index in [9.17, 15) is 0 Å². The molecule has 0 aliphatic heterocycles. The number of aromatic nitrogens is 2. The SMILES string of the molecule is CC(C)CC(CCl)(CCl)Cc1cnn(C)c1. The Kier molecular flexibility index (Phi) is 5.13. The van der Waals surface area contributed by atoms with E-state index in [4.69, 9.17) is 23.2 Å². The van der Waals surface area contributed by atoms with Crippen LogP contribution in [-0.2, 0) is 13.5 Å². The van der Waals surface area contributed by atoms with Gasteiger partial charge >= 0.3 is 0 Å². The van der Waals surface area contributed by atoms with Crippen LogP contribution in [0.15, 0.2) is 12.4 Å². The highest BCUT2D eigenvalue weighted by molar-refractivity contribution is 6.21. The molecule has 0 aliphatic rings. The first-order valence-corrected chi connectivity index (χ1v) is 6.68. The fourth-order valence-corrected chi connectivity index (χ4v) is 2.87. The summed E-state index contributed by atoms with van der Waals surface area (Å²) >= 11 is 12.2. The third-order valence-corrected chi connectivity index (χ3v) is 3.88. The largest absolute Gasteiger partial charge is 0.276 e. The van der Waals surface area contributed by atoms with Gasteiger partial charge in [-0.1, -0.05) is 13.8 Å². The minimum Gasteiger partial charge on any atom is -0.276 e. The second-order valence-corrected chi connectivity index (χ2v) is 5.60. The van der Waals surface area contributed by atoms with Crippen molar-refractivity contribution >= 4 is 23.2 Å². The molecule has 0 saturated carbocycles. The Labute approximate surface area is 108 Å². The van der Waals surface area contributed by atoms with Crippen LogP contribution in [0.4, 0.5) is 0 Å². The second kappa shape index (κ2) is 5.92. The summed E-state index contributed by atoms with van der Waals surface area (Å²) in [5.41, 5.74) is 1.21. The molecule has 4 heteroatoms. The molecule has 0 aliphatic carbocycles. The molecule has 0 saturated heterocycles. The quantitative estimate of drug-likeness (QED) is 0.718. The fraction of sp³-hybridized carbons (Fsp3) is 0.750. The number of halogens is 2. The highest BCUT2D eigenvalue weighted by Crippen LogP contribution is 2.33. The van der Waals surface area contributed by atoms with E-state index in [2.05, 4.69) is 18.9 Å². The molecule has 0 amide bonds. The lowest BCUT2D eigenvalue weighted by Gasteiger charge is -2.31. The maximum atomic E-state index is 6.11. The van der Waals surface area contributed by atoms with Crippen LogP contribution in [0, 0.1) is 11.3 Å². The third-order valence-electron chi connectivity index (χ3n) is 2.75. The minimum absolute atomic E-state index is 0.000309. The molecular formula is C12H20Cl2N2. The van der Waals surface area contributed by atoms with Gasteiger partial charge in [-0.25, -0.2) is 0 Å². The molecule has 1 rings (SSSR count). The van der Waals surface area contributed by atoms with Crippen molar-refractivity contribution in [3.8, 4) is 0 Å². The molecule has 1 aromatic heterocycles. The number of rotatable bonds is 6. The molecule has 0 fully saturated rings. The summed E-state index contributed by atoms with van der Waals surface area (Å²) in [7, 11) is 1.93. The minimum atomic E-state index is 0.000309. The zero-order valence-electron chi connectivity index (χ0n) is 10.2. The molecule has 2 nitrogen and oxygen atoms in total. The van der Waals surface area contributed by atoms with E-state index in [1.807, 2.05) is 24.1 Å². The van der Waals surface area contributed by atoms with E-state index in [1.165, 1.54) is 5.56 Å². The van der Waals surface area contributed by atoms with Crippen molar-refractivity contribution in [1.29, 1.82) is 0 Å². The predicted octanol–water partition coefficient (Wildman–Crippen LogP) is 3.47. The summed E-state index contributed by atoms with van der Waals surface area (Å²) < 4.78 is 1.82. The van der Waals surface area contributed by atoms with Crippen molar-refractivity contribution in [3.05, 3.63) is 18.0 Å². The number of nitrogens with zero attached hydrogens (tertiary/aromatic N) is 2. The summed E-state index contributed by atoms with van der Waals surface area (Å²) in [6, 6.07) is 0. The first-order chi connectivity index (χ1) is 7.51. The number of hydrogen-bond donors (Lipinski definition) is 0. The molecule has 0 atom stereocenters. The van der Waals surface area contributed by atoms with Gasteiger partial charge in [0.2, 0.25) is 0 Å². The van der Waals surface area contributed by atoms with E-state index in [-0.39, 0.29) is 5.41 Å². The molecule has 0 radical (unpaired) electrons. The summed E-state index contributed by atoms with van der Waals surface area (Å²) in [6.07, 6.45) is 5.89. The Bertz CT molecular complexity index is 317. The lowest BCUT2D eigenvalue weighted by molar-refractivity contribution is 0.295. The van der Waals surface area contributed by atoms with Gasteiger partial charge in [-0.3, -0.25) is 4.68 Å². The molecule has 1 heterocycles. The first-order valence-electron chi connectivity index (χ1n) is 5.61. The van der Waals surface area contributed by atoms with Crippen LogP contribution in [0.3, 0.4) is 0 Å². The highest BCUT2D eigenvalue weighted by Gasteiger charge is 2.30. The first kappa shape index (κ1) is 13.9. The van der Waals surface area contributed by atoms with Gasteiger partial charge in [-0.2, -0.15) is 5.10 Å². The molecule has 0 spiro atoms. The van der Waals surface area contributed by atoms with Crippen molar-refractivity contribution in [2.45, 2.75) is 26.7 Å². The Morgan fingerprint density at radius 1 is 1.38 bits per heavy atom. The molecule has 92 valence electrons. The Morgan fingerprint density at radius 2 is 2.00 bits per heavy atom. The van der Waals surface area contributed by atoms with Gasteiger partial charge in [0.05, 0.1) is 6.20 Å². The molecule has 1 aromatic rings. The van der Waals surface area contributed by atoms with Crippen LogP contribution in [0.5, 0.6) is 0 Å². The molecule has 0 bridgehead atoms. The van der Waals surface area contributed by atoms with Crippen LogP contribution in [-0.4, -0.2) is 21.5 Å². The standard InChI is InChI=1S/C12H20Cl2N2/c1-10(2)4-12(8-13,9-14)5-11-6-15-16(3)7-11/h6-7,10H,4-5,8-9H2,1-3H3. The Morgan fingerprint density at radius 3 is 2.38 bits per heavy atom. The maximum Gasteiger partial charge on any atom is 0.0521 e. The number of hydrogen-bond acceptors (Lipinski definition) is 1. The van der Waals surface area contributed by atoms with E-state index < -0.39 is 0 Å². The number of alkyl halides is 2. The zero-order chi connectivity index (χ0) is 12.2. The summed E-state index contributed by atoms with van der Waals surface area (Å²) in [6.45, 7) is 4.41. The molecular weight excluding hydrogens is 243 g/mol. The monoisotopic (exact) mass is 262 g/mol. The van der Waals surface area contributed by atoms with Gasteiger partial charge in [0.1, 0.15) is 0 Å². The van der Waals surface area contributed by atoms with Crippen LogP contribution in [0.1, 0.15) is 25.8 Å². The Hall–Kier alpha value is -0.210. The fourth-order valence-electron chi connectivity index (χ4n) is 2.17. The van der Waals surface area contributed by atoms with Gasteiger partial charge < -0.3 is 0 Å². The maximum absolute atomic E-state index is 6.11. The molecule has 0 unspecified atom stereocenters. The normalized spacial score (nSPS) is 12.4. The van der Waals surface area contributed by atoms with Crippen molar-refractivity contribution in [3.63, 3.8) is 0 Å². The van der Waals surface area contributed by atoms with Gasteiger partial charge in [-0.05, 0) is 24.3 Å². The molecule has 16 heavy (non-hydrogen) atoms. The van der Waals surface area contributed by atoms with Crippen LogP contribution < -0.4 is 0 Å². The van der Waals surface area contributed by atoms with Gasteiger partial charge in [0.25, 0.3) is 0 Å². The highest BCUT2D eigenvalue weighted by atomic mass is 35.5. The van der Waals surface area contributed by atoms with Gasteiger partial charge in [-0.15, -0.1) is 23.2 Å². The summed E-state index contributed by atoms with van der Waals surface area (Å²) in [5.74, 6) is 1.81. The van der Waals surface area contributed by atoms with Crippen LogP contribution in [0.25, 0.3) is 0 Å². The average Bonchev–Trinajstić information content (AvgIpc) is 2.62. The predicted molar refractivity (Wildman–Crippen MR) is 70.2 cm³/mol. The van der Waals surface area contributed by atoms with E-state index >= 15 is 0 Å². The van der Waals surface area contributed by atoms with Crippen molar-refractivity contribution in [2.24, 2.45) is 18.4 Å². The third kappa shape index (κ3) is 3.67. The smallest absolute Gasteiger partial charge is 0.0521 e. The summed E-state index contributed by atoms with van der Waals surface area (Å²) in [5, 5.41) is 4.18. The lowest BCUT2D eigenvalue weighted by atomic mass is 9.79. The van der Waals surface area contributed by atoms with E-state index in [0.717, 1.165) is 12.8 Å². The van der Waals surface area contributed by atoms with Crippen molar-refractivity contribution in [2.75, 3.05) is 11.8 Å². The molecule has 0 aromatic carbocycles. The topological polar surface area (TPSA) is 17.8 Å². The zero-order valence-corrected chi connectivity index (χ0v) is 11.7. The lowest BCUT2D eigenvalue weighted by Crippen LogP contribution is -2.29. The van der Waals surface area contributed by atoms with Crippen molar-refractivity contribution < 1.29 is 0 Å². The van der Waals surface area contributed by atoms with E-state index in [0.29, 0.717) is 17.7 Å². The summed E-state index contributed by atoms with van der Waals surface area (Å²) in [4.78, 5) is 0. The molecule has 0 N–H and O–H groups in total.